The minimum Gasteiger partial charge on any atom is -0.487 e. The Hall–Kier alpha value is -2.25. The molecule has 0 spiro atoms. The van der Waals surface area contributed by atoms with Crippen LogP contribution in [-0.2, 0) is 11.3 Å². The van der Waals surface area contributed by atoms with Crippen molar-refractivity contribution in [1.29, 1.82) is 0 Å². The molecule has 0 saturated carbocycles. The summed E-state index contributed by atoms with van der Waals surface area (Å²) < 4.78 is 13.1. The molecule has 0 amide bonds. The van der Waals surface area contributed by atoms with Crippen molar-refractivity contribution in [3.8, 4) is 11.4 Å². The third-order valence-corrected chi connectivity index (χ3v) is 4.28. The predicted octanol–water partition coefficient (Wildman–Crippen LogP) is 3.40. The van der Waals surface area contributed by atoms with Crippen LogP contribution in [0.4, 0.5) is 0 Å². The maximum absolute atomic E-state index is 5.83. The molecule has 0 aliphatic carbocycles. The van der Waals surface area contributed by atoms with Crippen LogP contribution in [-0.4, -0.2) is 26.4 Å². The zero-order valence-electron chi connectivity index (χ0n) is 13.0. The Morgan fingerprint density at radius 2 is 2.26 bits per heavy atom. The molecule has 2 aromatic heterocycles. The van der Waals surface area contributed by atoms with Gasteiger partial charge in [0.15, 0.2) is 0 Å². The van der Waals surface area contributed by atoms with Crippen LogP contribution in [0.15, 0.2) is 42.3 Å². The smallest absolute Gasteiger partial charge is 0.138 e. The fourth-order valence-electron chi connectivity index (χ4n) is 2.11. The highest BCUT2D eigenvalue weighted by Gasteiger charge is 2.10. The van der Waals surface area contributed by atoms with E-state index in [-0.39, 0.29) is 6.10 Å². The molecule has 120 valence electrons. The summed E-state index contributed by atoms with van der Waals surface area (Å²) in [6, 6.07) is 7.71. The van der Waals surface area contributed by atoms with Gasteiger partial charge in [0.1, 0.15) is 36.1 Å². The standard InChI is InChI=1S/C16H18N4O2S/c1-3-21-12(2)16-19-13(9-23-16)8-22-15-6-4-5-14(7-15)20-11-17-10-18-20/h4-7,9-12H,3,8H2,1-2H3/t12-/m1/s1. The molecular formula is C16H18N4O2S. The van der Waals surface area contributed by atoms with E-state index in [1.807, 2.05) is 43.5 Å². The highest BCUT2D eigenvalue weighted by atomic mass is 32.1. The minimum absolute atomic E-state index is 0.0226. The van der Waals surface area contributed by atoms with Crippen molar-refractivity contribution in [2.75, 3.05) is 6.61 Å². The second-order valence-electron chi connectivity index (χ2n) is 4.90. The van der Waals surface area contributed by atoms with Gasteiger partial charge in [0, 0.05) is 18.1 Å². The Kier molecular flexibility index (Phi) is 4.99. The molecule has 0 bridgehead atoms. The van der Waals surface area contributed by atoms with Crippen molar-refractivity contribution in [3.63, 3.8) is 0 Å². The van der Waals surface area contributed by atoms with E-state index in [9.17, 15) is 0 Å². The van der Waals surface area contributed by atoms with E-state index in [0.717, 1.165) is 22.1 Å². The molecule has 3 rings (SSSR count). The maximum Gasteiger partial charge on any atom is 0.138 e. The molecule has 1 aromatic carbocycles. The van der Waals surface area contributed by atoms with Gasteiger partial charge in [0.25, 0.3) is 0 Å². The predicted molar refractivity (Wildman–Crippen MR) is 87.8 cm³/mol. The number of rotatable bonds is 7. The monoisotopic (exact) mass is 330 g/mol. The van der Waals surface area contributed by atoms with Gasteiger partial charge in [-0.15, -0.1) is 11.3 Å². The number of benzene rings is 1. The lowest BCUT2D eigenvalue weighted by Gasteiger charge is -2.08. The van der Waals surface area contributed by atoms with Gasteiger partial charge >= 0.3 is 0 Å². The highest BCUT2D eigenvalue weighted by molar-refractivity contribution is 7.09. The van der Waals surface area contributed by atoms with E-state index in [2.05, 4.69) is 15.1 Å². The summed E-state index contributed by atoms with van der Waals surface area (Å²) in [5.74, 6) is 0.769. The molecular weight excluding hydrogens is 312 g/mol. The van der Waals surface area contributed by atoms with E-state index < -0.39 is 0 Å². The molecule has 0 saturated heterocycles. The Bertz CT molecular complexity index is 742. The topological polar surface area (TPSA) is 62.1 Å². The SMILES string of the molecule is CCO[C@H](C)c1nc(COc2cccc(-n3cncn3)c2)cs1. The number of aromatic nitrogens is 4. The molecule has 0 aliphatic rings. The largest absolute Gasteiger partial charge is 0.487 e. The molecule has 2 heterocycles. The molecule has 0 unspecified atom stereocenters. The van der Waals surface area contributed by atoms with Crippen molar-refractivity contribution in [2.24, 2.45) is 0 Å². The molecule has 6 nitrogen and oxygen atoms in total. The molecule has 3 aromatic rings. The van der Waals surface area contributed by atoms with Crippen LogP contribution in [0.5, 0.6) is 5.75 Å². The average Bonchev–Trinajstić information content (AvgIpc) is 3.25. The number of ether oxygens (including phenoxy) is 2. The van der Waals surface area contributed by atoms with Crippen LogP contribution >= 0.6 is 11.3 Å². The fraction of sp³-hybridized carbons (Fsp3) is 0.312. The quantitative estimate of drug-likeness (QED) is 0.664. The van der Waals surface area contributed by atoms with Crippen molar-refractivity contribution in [3.05, 3.63) is 53.0 Å². The number of thiazole rings is 1. The van der Waals surface area contributed by atoms with Crippen molar-refractivity contribution in [1.82, 2.24) is 19.7 Å². The molecule has 23 heavy (non-hydrogen) atoms. The summed E-state index contributed by atoms with van der Waals surface area (Å²) in [5.41, 5.74) is 1.81. The lowest BCUT2D eigenvalue weighted by Crippen LogP contribution is -2.01. The summed E-state index contributed by atoms with van der Waals surface area (Å²) in [6.45, 7) is 5.10. The maximum atomic E-state index is 5.83. The summed E-state index contributed by atoms with van der Waals surface area (Å²) in [5, 5.41) is 7.09. The number of hydrogen-bond donors (Lipinski definition) is 0. The fourth-order valence-corrected chi connectivity index (χ4v) is 2.92. The second-order valence-corrected chi connectivity index (χ2v) is 5.79. The van der Waals surface area contributed by atoms with Gasteiger partial charge < -0.3 is 9.47 Å². The highest BCUT2D eigenvalue weighted by Crippen LogP contribution is 2.22. The van der Waals surface area contributed by atoms with Crippen LogP contribution in [0.2, 0.25) is 0 Å². The van der Waals surface area contributed by atoms with Gasteiger partial charge in [0.2, 0.25) is 0 Å². The van der Waals surface area contributed by atoms with Crippen LogP contribution < -0.4 is 4.74 Å². The summed E-state index contributed by atoms with van der Waals surface area (Å²) in [4.78, 5) is 8.50. The van der Waals surface area contributed by atoms with Gasteiger partial charge in [0.05, 0.1) is 11.4 Å². The Morgan fingerprint density at radius 3 is 3.04 bits per heavy atom. The summed E-state index contributed by atoms with van der Waals surface area (Å²) >= 11 is 1.60. The van der Waals surface area contributed by atoms with Crippen molar-refractivity contribution in [2.45, 2.75) is 26.6 Å². The van der Waals surface area contributed by atoms with Crippen LogP contribution in [0.1, 0.15) is 30.7 Å². The van der Waals surface area contributed by atoms with Gasteiger partial charge in [-0.25, -0.2) is 14.6 Å². The van der Waals surface area contributed by atoms with E-state index in [1.54, 1.807) is 22.3 Å². The lowest BCUT2D eigenvalue weighted by atomic mass is 10.3. The van der Waals surface area contributed by atoms with E-state index in [0.29, 0.717) is 13.2 Å². The Balaban J connectivity index is 1.63. The van der Waals surface area contributed by atoms with Gasteiger partial charge in [-0.3, -0.25) is 0 Å². The molecule has 7 heteroatoms. The molecule has 0 fully saturated rings. The van der Waals surface area contributed by atoms with Crippen molar-refractivity contribution >= 4 is 11.3 Å². The van der Waals surface area contributed by atoms with Gasteiger partial charge in [-0.1, -0.05) is 6.07 Å². The molecule has 0 radical (unpaired) electrons. The first-order valence-corrected chi connectivity index (χ1v) is 8.28. The summed E-state index contributed by atoms with van der Waals surface area (Å²) in [6.07, 6.45) is 3.18. The average molecular weight is 330 g/mol. The zero-order valence-corrected chi connectivity index (χ0v) is 13.9. The Morgan fingerprint density at radius 1 is 1.35 bits per heavy atom. The van der Waals surface area contributed by atoms with E-state index in [4.69, 9.17) is 9.47 Å². The van der Waals surface area contributed by atoms with E-state index in [1.165, 1.54) is 6.33 Å². The molecule has 0 aliphatic heterocycles. The first-order chi connectivity index (χ1) is 11.3. The molecule has 1 atom stereocenters. The van der Waals surface area contributed by atoms with Crippen molar-refractivity contribution < 1.29 is 9.47 Å². The lowest BCUT2D eigenvalue weighted by molar-refractivity contribution is 0.0760. The third kappa shape index (κ3) is 3.94. The van der Waals surface area contributed by atoms with Crippen LogP contribution in [0.25, 0.3) is 5.69 Å². The minimum atomic E-state index is 0.0226. The first-order valence-electron chi connectivity index (χ1n) is 7.40. The van der Waals surface area contributed by atoms with Gasteiger partial charge in [-0.05, 0) is 26.0 Å². The van der Waals surface area contributed by atoms with Gasteiger partial charge in [-0.2, -0.15) is 5.10 Å². The zero-order chi connectivity index (χ0) is 16.1. The van der Waals surface area contributed by atoms with E-state index >= 15 is 0 Å². The third-order valence-electron chi connectivity index (χ3n) is 3.22. The normalized spacial score (nSPS) is 12.3. The Labute approximate surface area is 138 Å². The number of nitrogens with zero attached hydrogens (tertiary/aromatic N) is 4. The van der Waals surface area contributed by atoms with Crippen LogP contribution in [0.3, 0.4) is 0 Å². The van der Waals surface area contributed by atoms with Crippen LogP contribution in [0, 0.1) is 0 Å². The summed E-state index contributed by atoms with van der Waals surface area (Å²) in [7, 11) is 0. The molecule has 0 N–H and O–H groups in total. The first kappa shape index (κ1) is 15.6. The second kappa shape index (κ2) is 7.34. The number of hydrogen-bond acceptors (Lipinski definition) is 6.